The lowest BCUT2D eigenvalue weighted by molar-refractivity contribution is 0.202. The smallest absolute Gasteiger partial charge is 0.0925 e. The van der Waals surface area contributed by atoms with E-state index >= 15 is 0 Å². The molecule has 0 aliphatic carbocycles. The number of aryl methyl sites for hydroxylation is 1. The van der Waals surface area contributed by atoms with Crippen LogP contribution in [0, 0.1) is 6.92 Å². The molecule has 0 unspecified atom stereocenters. The third-order valence-electron chi connectivity index (χ3n) is 1.57. The van der Waals surface area contributed by atoms with Gasteiger partial charge in [-0.05, 0) is 12.5 Å². The van der Waals surface area contributed by atoms with Gasteiger partial charge < -0.3 is 5.11 Å². The average molecular weight is 171 g/mol. The van der Waals surface area contributed by atoms with E-state index in [9.17, 15) is 5.11 Å². The molecule has 0 saturated heterocycles. The lowest BCUT2D eigenvalue weighted by Gasteiger charge is -2.06. The standard InChI is InChI=1S/C9H11ClO/c1-7-3-2-4-8(5-7)9(11)6-10/h2-5,9,11H,6H2,1H3/t9-/m1/s1. The van der Waals surface area contributed by atoms with Crippen molar-refractivity contribution in [3.63, 3.8) is 0 Å². The number of alkyl halides is 1. The summed E-state index contributed by atoms with van der Waals surface area (Å²) in [6.07, 6.45) is -0.531. The Balaban J connectivity index is 2.86. The van der Waals surface area contributed by atoms with Gasteiger partial charge in [-0.25, -0.2) is 0 Å². The van der Waals surface area contributed by atoms with Crippen molar-refractivity contribution in [2.24, 2.45) is 0 Å². The van der Waals surface area contributed by atoms with Crippen molar-refractivity contribution in [2.75, 3.05) is 5.88 Å². The van der Waals surface area contributed by atoms with Gasteiger partial charge in [-0.2, -0.15) is 0 Å². The maximum Gasteiger partial charge on any atom is 0.0925 e. The minimum Gasteiger partial charge on any atom is -0.387 e. The van der Waals surface area contributed by atoms with Crippen molar-refractivity contribution >= 4 is 11.6 Å². The van der Waals surface area contributed by atoms with E-state index in [1.165, 1.54) is 0 Å². The highest BCUT2D eigenvalue weighted by molar-refractivity contribution is 6.18. The molecule has 0 bridgehead atoms. The molecule has 0 aliphatic heterocycles. The molecule has 1 nitrogen and oxygen atoms in total. The summed E-state index contributed by atoms with van der Waals surface area (Å²) in [5.41, 5.74) is 2.03. The van der Waals surface area contributed by atoms with Gasteiger partial charge >= 0.3 is 0 Å². The first-order valence-electron chi connectivity index (χ1n) is 3.54. The van der Waals surface area contributed by atoms with Gasteiger partial charge in [-0.1, -0.05) is 29.8 Å². The van der Waals surface area contributed by atoms with E-state index in [1.54, 1.807) is 0 Å². The van der Waals surface area contributed by atoms with Crippen LogP contribution in [0.15, 0.2) is 24.3 Å². The molecule has 11 heavy (non-hydrogen) atoms. The summed E-state index contributed by atoms with van der Waals surface area (Å²) in [5, 5.41) is 9.32. The molecule has 60 valence electrons. The first kappa shape index (κ1) is 8.57. The van der Waals surface area contributed by atoms with Crippen molar-refractivity contribution in [1.29, 1.82) is 0 Å². The quantitative estimate of drug-likeness (QED) is 0.676. The SMILES string of the molecule is Cc1cccc([C@H](O)CCl)c1. The van der Waals surface area contributed by atoms with Gasteiger partial charge in [0.15, 0.2) is 0 Å². The van der Waals surface area contributed by atoms with Crippen LogP contribution in [0.2, 0.25) is 0 Å². The first-order valence-corrected chi connectivity index (χ1v) is 4.08. The minimum absolute atomic E-state index is 0.253. The first-order chi connectivity index (χ1) is 5.24. The number of hydrogen-bond acceptors (Lipinski definition) is 1. The Morgan fingerprint density at radius 2 is 2.27 bits per heavy atom. The van der Waals surface area contributed by atoms with Crippen LogP contribution in [0.5, 0.6) is 0 Å². The van der Waals surface area contributed by atoms with Crippen LogP contribution in [-0.2, 0) is 0 Å². The van der Waals surface area contributed by atoms with Crippen molar-refractivity contribution < 1.29 is 5.11 Å². The highest BCUT2D eigenvalue weighted by Gasteiger charge is 2.03. The normalized spacial score (nSPS) is 13.0. The van der Waals surface area contributed by atoms with Crippen LogP contribution in [0.25, 0.3) is 0 Å². The largest absolute Gasteiger partial charge is 0.387 e. The molecule has 0 aliphatic rings. The zero-order valence-electron chi connectivity index (χ0n) is 6.42. The van der Waals surface area contributed by atoms with E-state index in [1.807, 2.05) is 31.2 Å². The maximum atomic E-state index is 9.32. The summed E-state index contributed by atoms with van der Waals surface area (Å²) in [4.78, 5) is 0. The molecule has 1 aromatic carbocycles. The molecule has 0 spiro atoms. The second-order valence-electron chi connectivity index (χ2n) is 2.58. The summed E-state index contributed by atoms with van der Waals surface area (Å²) in [5.74, 6) is 0.253. The molecular weight excluding hydrogens is 160 g/mol. The van der Waals surface area contributed by atoms with E-state index in [-0.39, 0.29) is 5.88 Å². The van der Waals surface area contributed by atoms with Crippen molar-refractivity contribution in [3.05, 3.63) is 35.4 Å². The molecule has 1 aromatic rings. The van der Waals surface area contributed by atoms with Crippen molar-refractivity contribution in [1.82, 2.24) is 0 Å². The van der Waals surface area contributed by atoms with Gasteiger partial charge in [0, 0.05) is 0 Å². The van der Waals surface area contributed by atoms with Gasteiger partial charge in [0.2, 0.25) is 0 Å². The van der Waals surface area contributed by atoms with Crippen LogP contribution in [0.1, 0.15) is 17.2 Å². The molecule has 2 heteroatoms. The molecule has 1 rings (SSSR count). The molecular formula is C9H11ClO. The number of aliphatic hydroxyl groups is 1. The Labute approximate surface area is 71.6 Å². The summed E-state index contributed by atoms with van der Waals surface area (Å²) in [7, 11) is 0. The van der Waals surface area contributed by atoms with E-state index in [0.717, 1.165) is 11.1 Å². The highest BCUT2D eigenvalue weighted by atomic mass is 35.5. The Bertz CT molecular complexity index is 235. The number of rotatable bonds is 2. The Morgan fingerprint density at radius 1 is 1.55 bits per heavy atom. The van der Waals surface area contributed by atoms with Crippen LogP contribution in [0.3, 0.4) is 0 Å². The zero-order valence-corrected chi connectivity index (χ0v) is 7.17. The second-order valence-corrected chi connectivity index (χ2v) is 2.89. The Kier molecular flexibility index (Phi) is 2.92. The minimum atomic E-state index is -0.531. The molecule has 0 radical (unpaired) electrons. The van der Waals surface area contributed by atoms with E-state index < -0.39 is 6.10 Å². The summed E-state index contributed by atoms with van der Waals surface area (Å²) >= 11 is 5.49. The van der Waals surface area contributed by atoms with Crippen LogP contribution < -0.4 is 0 Å². The molecule has 0 fully saturated rings. The van der Waals surface area contributed by atoms with Crippen LogP contribution in [0.4, 0.5) is 0 Å². The molecule has 1 N–H and O–H groups in total. The Morgan fingerprint density at radius 3 is 2.82 bits per heavy atom. The number of benzene rings is 1. The molecule has 1 atom stereocenters. The number of aliphatic hydroxyl groups excluding tert-OH is 1. The fourth-order valence-electron chi connectivity index (χ4n) is 0.966. The van der Waals surface area contributed by atoms with E-state index in [4.69, 9.17) is 11.6 Å². The van der Waals surface area contributed by atoms with Crippen LogP contribution in [-0.4, -0.2) is 11.0 Å². The molecule has 0 aromatic heterocycles. The average Bonchev–Trinajstić information content (AvgIpc) is 2.03. The van der Waals surface area contributed by atoms with Gasteiger partial charge in [-0.3, -0.25) is 0 Å². The summed E-state index contributed by atoms with van der Waals surface area (Å²) < 4.78 is 0. The lowest BCUT2D eigenvalue weighted by Crippen LogP contribution is -1.97. The zero-order chi connectivity index (χ0) is 8.27. The van der Waals surface area contributed by atoms with Crippen molar-refractivity contribution in [3.8, 4) is 0 Å². The van der Waals surface area contributed by atoms with Gasteiger partial charge in [0.25, 0.3) is 0 Å². The fourth-order valence-corrected chi connectivity index (χ4v) is 1.14. The number of halogens is 1. The summed E-state index contributed by atoms with van der Waals surface area (Å²) in [6.45, 7) is 1.99. The van der Waals surface area contributed by atoms with Gasteiger partial charge in [0.1, 0.15) is 0 Å². The predicted molar refractivity (Wildman–Crippen MR) is 46.9 cm³/mol. The number of hydrogen-bond donors (Lipinski definition) is 1. The van der Waals surface area contributed by atoms with Crippen LogP contribution >= 0.6 is 11.6 Å². The summed E-state index contributed by atoms with van der Waals surface area (Å²) in [6, 6.07) is 7.72. The highest BCUT2D eigenvalue weighted by Crippen LogP contribution is 2.14. The molecule has 0 amide bonds. The van der Waals surface area contributed by atoms with Gasteiger partial charge in [0.05, 0.1) is 12.0 Å². The molecule has 0 heterocycles. The molecule has 0 saturated carbocycles. The van der Waals surface area contributed by atoms with E-state index in [2.05, 4.69) is 0 Å². The fraction of sp³-hybridized carbons (Fsp3) is 0.333. The van der Waals surface area contributed by atoms with Gasteiger partial charge in [-0.15, -0.1) is 11.6 Å². The topological polar surface area (TPSA) is 20.2 Å². The Hall–Kier alpha value is -0.530. The predicted octanol–water partition coefficient (Wildman–Crippen LogP) is 2.27. The van der Waals surface area contributed by atoms with E-state index in [0.29, 0.717) is 0 Å². The van der Waals surface area contributed by atoms with Crippen molar-refractivity contribution in [2.45, 2.75) is 13.0 Å². The monoisotopic (exact) mass is 170 g/mol. The third kappa shape index (κ3) is 2.21. The third-order valence-corrected chi connectivity index (χ3v) is 1.87. The maximum absolute atomic E-state index is 9.32. The lowest BCUT2D eigenvalue weighted by atomic mass is 10.1. The second kappa shape index (κ2) is 3.74.